The molecule has 0 spiro atoms. The normalized spacial score (nSPS) is 10.1. The molecular formula is C26H28ClN3O3. The highest BCUT2D eigenvalue weighted by Crippen LogP contribution is 2.22. The van der Waals surface area contributed by atoms with Gasteiger partial charge in [-0.05, 0) is 42.0 Å². The van der Waals surface area contributed by atoms with Gasteiger partial charge in [0.2, 0.25) is 0 Å². The van der Waals surface area contributed by atoms with Crippen LogP contribution in [0.25, 0.3) is 0 Å². The molecule has 0 saturated heterocycles. The van der Waals surface area contributed by atoms with Gasteiger partial charge in [0.1, 0.15) is 11.6 Å². The summed E-state index contributed by atoms with van der Waals surface area (Å²) in [6, 6.07) is 18.8. The molecular weight excluding hydrogens is 438 g/mol. The van der Waals surface area contributed by atoms with E-state index in [4.69, 9.17) is 21.7 Å². The van der Waals surface area contributed by atoms with Crippen molar-refractivity contribution in [1.29, 1.82) is 5.41 Å². The summed E-state index contributed by atoms with van der Waals surface area (Å²) in [5.74, 6) is 0.414. The molecule has 1 amide bonds. The largest absolute Gasteiger partial charge is 0.497 e. The van der Waals surface area contributed by atoms with Gasteiger partial charge in [-0.1, -0.05) is 49.4 Å². The van der Waals surface area contributed by atoms with Gasteiger partial charge in [-0.3, -0.25) is 15.0 Å². The molecule has 172 valence electrons. The lowest BCUT2D eigenvalue weighted by molar-refractivity contribution is 0.0992. The highest BCUT2D eigenvalue weighted by Gasteiger charge is 2.17. The lowest BCUT2D eigenvalue weighted by Crippen LogP contribution is -2.21. The standard InChI is InChI=1S/C25H24ClN3O3.CH4/c1-29(2)24(27)17-6-4-16(5-7-17)23(30)14-18-8-13-21(32-3)15-22(18)25(31)28-20-11-9-19(26)10-12-20;/h4-13,15,27H,14H2,1-3H3,(H,28,31);1H4. The molecule has 0 aliphatic carbocycles. The van der Waals surface area contributed by atoms with Crippen molar-refractivity contribution in [1.82, 2.24) is 4.90 Å². The molecule has 0 fully saturated rings. The molecule has 3 rings (SSSR count). The minimum absolute atomic E-state index is 0. The Morgan fingerprint density at radius 2 is 1.58 bits per heavy atom. The van der Waals surface area contributed by atoms with E-state index in [0.717, 1.165) is 5.56 Å². The first kappa shape index (κ1) is 25.6. The maximum absolute atomic E-state index is 13.0. The third-order valence-corrected chi connectivity index (χ3v) is 5.19. The van der Waals surface area contributed by atoms with Crippen molar-refractivity contribution < 1.29 is 14.3 Å². The number of ether oxygens (including phenoxy) is 1. The third-order valence-electron chi connectivity index (χ3n) is 4.94. The molecule has 0 radical (unpaired) electrons. The van der Waals surface area contributed by atoms with Crippen LogP contribution in [0, 0.1) is 5.41 Å². The number of amidine groups is 1. The molecule has 0 heterocycles. The van der Waals surface area contributed by atoms with Crippen molar-refractivity contribution in [2.45, 2.75) is 13.8 Å². The number of nitrogens with one attached hydrogen (secondary N) is 2. The van der Waals surface area contributed by atoms with Crippen LogP contribution in [0.4, 0.5) is 5.69 Å². The molecule has 0 aromatic heterocycles. The summed E-state index contributed by atoms with van der Waals surface area (Å²) < 4.78 is 5.26. The number of hydrogen-bond acceptors (Lipinski definition) is 4. The van der Waals surface area contributed by atoms with Crippen LogP contribution < -0.4 is 10.1 Å². The number of halogens is 1. The van der Waals surface area contributed by atoms with Gasteiger partial charge < -0.3 is 15.0 Å². The number of rotatable bonds is 7. The van der Waals surface area contributed by atoms with E-state index < -0.39 is 0 Å². The van der Waals surface area contributed by atoms with E-state index in [1.165, 1.54) is 7.11 Å². The zero-order chi connectivity index (χ0) is 23.3. The molecule has 3 aromatic rings. The summed E-state index contributed by atoms with van der Waals surface area (Å²) in [7, 11) is 5.11. The van der Waals surface area contributed by atoms with Crippen molar-refractivity contribution in [2.75, 3.05) is 26.5 Å². The number of carbonyl (C=O) groups excluding carboxylic acids is 2. The Bertz CT molecular complexity index is 1140. The molecule has 3 aromatic carbocycles. The number of nitrogens with zero attached hydrogens (tertiary/aromatic N) is 1. The average molecular weight is 466 g/mol. The molecule has 2 N–H and O–H groups in total. The van der Waals surface area contributed by atoms with Crippen molar-refractivity contribution in [3.63, 3.8) is 0 Å². The maximum Gasteiger partial charge on any atom is 0.256 e. The second-order valence-electron chi connectivity index (χ2n) is 7.40. The Morgan fingerprint density at radius 3 is 2.15 bits per heavy atom. The number of hydrogen-bond donors (Lipinski definition) is 2. The molecule has 0 aliphatic heterocycles. The molecule has 0 unspecified atom stereocenters. The van der Waals surface area contributed by atoms with Gasteiger partial charge in [0.05, 0.1) is 7.11 Å². The molecule has 0 bridgehead atoms. The van der Waals surface area contributed by atoms with Crippen LogP contribution in [0.5, 0.6) is 5.75 Å². The van der Waals surface area contributed by atoms with E-state index in [9.17, 15) is 9.59 Å². The number of carbonyl (C=O) groups is 2. The average Bonchev–Trinajstić information content (AvgIpc) is 2.80. The second kappa shape index (κ2) is 11.3. The molecule has 33 heavy (non-hydrogen) atoms. The van der Waals surface area contributed by atoms with E-state index in [2.05, 4.69) is 5.32 Å². The van der Waals surface area contributed by atoms with Crippen LogP contribution in [0.1, 0.15) is 39.3 Å². The zero-order valence-corrected chi connectivity index (χ0v) is 18.9. The van der Waals surface area contributed by atoms with Crippen LogP contribution in [-0.4, -0.2) is 43.6 Å². The number of Topliss-reactive ketones (excluding diaryl/α,β-unsaturated/α-hetero) is 1. The topological polar surface area (TPSA) is 82.5 Å². The van der Waals surface area contributed by atoms with Crippen LogP contribution in [-0.2, 0) is 6.42 Å². The summed E-state index contributed by atoms with van der Waals surface area (Å²) in [5, 5.41) is 11.4. The summed E-state index contributed by atoms with van der Waals surface area (Å²) in [6.07, 6.45) is 0.0534. The maximum atomic E-state index is 13.0. The SMILES string of the molecule is C.COc1ccc(CC(=O)c2ccc(C(=N)N(C)C)cc2)c(C(=O)Nc2ccc(Cl)cc2)c1. The van der Waals surface area contributed by atoms with Crippen molar-refractivity contribution in [3.8, 4) is 5.75 Å². The molecule has 0 atom stereocenters. The highest BCUT2D eigenvalue weighted by molar-refractivity contribution is 6.30. The smallest absolute Gasteiger partial charge is 0.256 e. The minimum atomic E-state index is -0.344. The van der Waals surface area contributed by atoms with E-state index in [1.54, 1.807) is 85.7 Å². The van der Waals surface area contributed by atoms with Gasteiger partial charge in [-0.15, -0.1) is 0 Å². The van der Waals surface area contributed by atoms with Gasteiger partial charge in [-0.25, -0.2) is 0 Å². The predicted octanol–water partition coefficient (Wildman–Crippen LogP) is 5.55. The minimum Gasteiger partial charge on any atom is -0.497 e. The summed E-state index contributed by atoms with van der Waals surface area (Å²) in [6.45, 7) is 0. The molecule has 6 nitrogen and oxygen atoms in total. The third kappa shape index (κ3) is 6.43. The second-order valence-corrected chi connectivity index (χ2v) is 7.84. The van der Waals surface area contributed by atoms with Crippen molar-refractivity contribution >= 4 is 34.8 Å². The summed E-state index contributed by atoms with van der Waals surface area (Å²) >= 11 is 5.91. The van der Waals surface area contributed by atoms with Crippen molar-refractivity contribution in [3.05, 3.63) is 94.0 Å². The quantitative estimate of drug-likeness (QED) is 0.272. The van der Waals surface area contributed by atoms with Crippen LogP contribution in [0.15, 0.2) is 66.7 Å². The summed E-state index contributed by atoms with van der Waals surface area (Å²) in [5.41, 5.74) is 2.78. The lowest BCUT2D eigenvalue weighted by atomic mass is 9.97. The first-order valence-electron chi connectivity index (χ1n) is 9.92. The number of ketones is 1. The van der Waals surface area contributed by atoms with E-state index >= 15 is 0 Å². The number of amides is 1. The Hall–Kier alpha value is -3.64. The van der Waals surface area contributed by atoms with Crippen LogP contribution >= 0.6 is 11.6 Å². The fourth-order valence-electron chi connectivity index (χ4n) is 3.13. The first-order chi connectivity index (χ1) is 15.3. The molecule has 0 aliphatic rings. The summed E-state index contributed by atoms with van der Waals surface area (Å²) in [4.78, 5) is 27.6. The van der Waals surface area contributed by atoms with Crippen LogP contribution in [0.3, 0.4) is 0 Å². The van der Waals surface area contributed by atoms with Crippen LogP contribution in [0.2, 0.25) is 5.02 Å². The Labute approximate surface area is 199 Å². The molecule has 0 saturated carbocycles. The van der Waals surface area contributed by atoms with Gasteiger partial charge in [0, 0.05) is 47.9 Å². The lowest BCUT2D eigenvalue weighted by Gasteiger charge is -2.14. The Balaban J connectivity index is 0.00000385. The van der Waals surface area contributed by atoms with E-state index in [0.29, 0.717) is 39.0 Å². The van der Waals surface area contributed by atoms with E-state index in [1.807, 2.05) is 0 Å². The first-order valence-corrected chi connectivity index (χ1v) is 10.3. The fourth-order valence-corrected chi connectivity index (χ4v) is 3.25. The van der Waals surface area contributed by atoms with Crippen molar-refractivity contribution in [2.24, 2.45) is 0 Å². The van der Waals surface area contributed by atoms with Gasteiger partial charge in [-0.2, -0.15) is 0 Å². The fraction of sp³-hybridized carbons (Fsp3) is 0.192. The van der Waals surface area contributed by atoms with E-state index in [-0.39, 0.29) is 25.5 Å². The Kier molecular flexibility index (Phi) is 8.77. The monoisotopic (exact) mass is 465 g/mol. The Morgan fingerprint density at radius 1 is 0.970 bits per heavy atom. The highest BCUT2D eigenvalue weighted by atomic mass is 35.5. The number of benzene rings is 3. The van der Waals surface area contributed by atoms with Gasteiger partial charge in [0.25, 0.3) is 5.91 Å². The number of anilines is 1. The van der Waals surface area contributed by atoms with Gasteiger partial charge in [0.15, 0.2) is 5.78 Å². The van der Waals surface area contributed by atoms with Gasteiger partial charge >= 0.3 is 0 Å². The number of methoxy groups -OCH3 is 1. The zero-order valence-electron chi connectivity index (χ0n) is 18.1. The predicted molar refractivity (Wildman–Crippen MR) is 134 cm³/mol. The molecule has 7 heteroatoms.